The van der Waals surface area contributed by atoms with E-state index in [1.165, 1.54) is 10.7 Å². The van der Waals surface area contributed by atoms with Gasteiger partial charge in [-0.25, -0.2) is 4.98 Å². The van der Waals surface area contributed by atoms with Crippen molar-refractivity contribution in [1.29, 1.82) is 0 Å². The maximum Gasteiger partial charge on any atom is 0.0982 e. The van der Waals surface area contributed by atoms with E-state index in [0.29, 0.717) is 5.92 Å². The van der Waals surface area contributed by atoms with Crippen LogP contribution >= 0.6 is 11.3 Å². The average Bonchev–Trinajstić information content (AvgIpc) is 2.29. The van der Waals surface area contributed by atoms with E-state index in [2.05, 4.69) is 36.5 Å². The molecule has 13 heavy (non-hydrogen) atoms. The van der Waals surface area contributed by atoms with Crippen LogP contribution in [0.15, 0.2) is 5.38 Å². The van der Waals surface area contributed by atoms with Gasteiger partial charge in [-0.1, -0.05) is 20.8 Å². The molecule has 2 rings (SSSR count). The number of thiazole rings is 1. The van der Waals surface area contributed by atoms with Gasteiger partial charge >= 0.3 is 0 Å². The molecule has 0 unspecified atom stereocenters. The van der Waals surface area contributed by atoms with Gasteiger partial charge in [0, 0.05) is 29.8 Å². The van der Waals surface area contributed by atoms with Crippen LogP contribution in [0.1, 0.15) is 37.4 Å². The molecule has 1 aromatic rings. The molecule has 1 fully saturated rings. The molecule has 1 aromatic heterocycles. The lowest BCUT2D eigenvalue weighted by Crippen LogP contribution is -2.40. The molecular formula is C10H16N2S. The molecule has 1 aliphatic rings. The van der Waals surface area contributed by atoms with Gasteiger partial charge in [0.1, 0.15) is 0 Å². The molecule has 0 aromatic carbocycles. The number of nitrogens with zero attached hydrogens (tertiary/aromatic N) is 1. The first-order valence-electron chi connectivity index (χ1n) is 4.74. The summed E-state index contributed by atoms with van der Waals surface area (Å²) in [5, 5.41) is 6.75. The van der Waals surface area contributed by atoms with Crippen LogP contribution in [0.4, 0.5) is 0 Å². The summed E-state index contributed by atoms with van der Waals surface area (Å²) in [5.41, 5.74) is 1.49. The summed E-state index contributed by atoms with van der Waals surface area (Å²) >= 11 is 1.80. The molecule has 0 bridgehead atoms. The van der Waals surface area contributed by atoms with Crippen molar-refractivity contribution >= 4 is 11.3 Å². The summed E-state index contributed by atoms with van der Waals surface area (Å²) in [6, 6.07) is 0. The van der Waals surface area contributed by atoms with Crippen molar-refractivity contribution in [3.8, 4) is 0 Å². The average molecular weight is 196 g/mol. The molecule has 0 radical (unpaired) electrons. The highest BCUT2D eigenvalue weighted by molar-refractivity contribution is 7.09. The van der Waals surface area contributed by atoms with Crippen LogP contribution in [0, 0.1) is 0 Å². The third-order valence-electron chi connectivity index (χ3n) is 2.36. The Balaban J connectivity index is 2.17. The lowest BCUT2D eigenvalue weighted by molar-refractivity contribution is 0.438. The zero-order valence-electron chi connectivity index (χ0n) is 8.42. The standard InChI is InChI=1S/C10H16N2S/c1-10(2,3)9-12-8(6-13-9)7-4-11-5-7/h6-7,11H,4-5H2,1-3H3. The molecule has 0 saturated carbocycles. The molecule has 1 N–H and O–H groups in total. The summed E-state index contributed by atoms with van der Waals surface area (Å²) in [4.78, 5) is 4.68. The quantitative estimate of drug-likeness (QED) is 0.744. The lowest BCUT2D eigenvalue weighted by atomic mass is 9.97. The van der Waals surface area contributed by atoms with E-state index in [9.17, 15) is 0 Å². The Morgan fingerprint density at radius 3 is 2.54 bits per heavy atom. The monoisotopic (exact) mass is 196 g/mol. The summed E-state index contributed by atoms with van der Waals surface area (Å²) < 4.78 is 0. The van der Waals surface area contributed by atoms with Crippen molar-refractivity contribution in [1.82, 2.24) is 10.3 Å². The maximum atomic E-state index is 4.68. The SMILES string of the molecule is CC(C)(C)c1nc(C2CNC2)cs1. The van der Waals surface area contributed by atoms with E-state index < -0.39 is 0 Å². The minimum absolute atomic E-state index is 0.208. The number of hydrogen-bond donors (Lipinski definition) is 1. The van der Waals surface area contributed by atoms with Gasteiger partial charge in [0.25, 0.3) is 0 Å². The Labute approximate surface area is 83.4 Å². The van der Waals surface area contributed by atoms with E-state index in [1.807, 2.05) is 0 Å². The summed E-state index contributed by atoms with van der Waals surface area (Å²) in [6.07, 6.45) is 0. The van der Waals surface area contributed by atoms with Gasteiger partial charge < -0.3 is 5.32 Å². The third kappa shape index (κ3) is 1.76. The molecule has 2 nitrogen and oxygen atoms in total. The van der Waals surface area contributed by atoms with Gasteiger partial charge in [0.15, 0.2) is 0 Å². The highest BCUT2D eigenvalue weighted by Crippen LogP contribution is 2.29. The lowest BCUT2D eigenvalue weighted by Gasteiger charge is -2.25. The van der Waals surface area contributed by atoms with E-state index in [-0.39, 0.29) is 5.41 Å². The first kappa shape index (κ1) is 9.16. The predicted octanol–water partition coefficient (Wildman–Crippen LogP) is 2.13. The fraction of sp³-hybridized carbons (Fsp3) is 0.700. The van der Waals surface area contributed by atoms with Crippen molar-refractivity contribution in [2.24, 2.45) is 0 Å². The van der Waals surface area contributed by atoms with Crippen LogP contribution < -0.4 is 5.32 Å². The Morgan fingerprint density at radius 2 is 2.15 bits per heavy atom. The van der Waals surface area contributed by atoms with Crippen molar-refractivity contribution in [3.63, 3.8) is 0 Å². The minimum atomic E-state index is 0.208. The molecule has 1 saturated heterocycles. The van der Waals surface area contributed by atoms with E-state index in [4.69, 9.17) is 0 Å². The Morgan fingerprint density at radius 1 is 1.46 bits per heavy atom. The second-order valence-electron chi connectivity index (χ2n) is 4.68. The molecule has 3 heteroatoms. The molecule has 1 aliphatic heterocycles. The van der Waals surface area contributed by atoms with Gasteiger partial charge in [0.05, 0.1) is 10.7 Å². The van der Waals surface area contributed by atoms with Crippen LogP contribution in [-0.2, 0) is 5.41 Å². The molecule has 2 heterocycles. The van der Waals surface area contributed by atoms with Crippen molar-refractivity contribution in [2.45, 2.75) is 32.1 Å². The van der Waals surface area contributed by atoms with Crippen LogP contribution in [0.2, 0.25) is 0 Å². The smallest absolute Gasteiger partial charge is 0.0982 e. The normalized spacial score (nSPS) is 18.7. The molecule has 72 valence electrons. The van der Waals surface area contributed by atoms with Crippen molar-refractivity contribution in [3.05, 3.63) is 16.1 Å². The van der Waals surface area contributed by atoms with Gasteiger partial charge in [-0.05, 0) is 0 Å². The number of hydrogen-bond acceptors (Lipinski definition) is 3. The Kier molecular flexibility index (Phi) is 2.16. The molecule has 0 atom stereocenters. The molecular weight excluding hydrogens is 180 g/mol. The largest absolute Gasteiger partial charge is 0.315 e. The number of aromatic nitrogens is 1. The molecule has 0 aliphatic carbocycles. The zero-order valence-corrected chi connectivity index (χ0v) is 9.24. The summed E-state index contributed by atoms with van der Waals surface area (Å²) in [7, 11) is 0. The second kappa shape index (κ2) is 3.07. The fourth-order valence-electron chi connectivity index (χ4n) is 1.32. The Hall–Kier alpha value is -0.410. The van der Waals surface area contributed by atoms with Crippen LogP contribution in [0.5, 0.6) is 0 Å². The van der Waals surface area contributed by atoms with Gasteiger partial charge in [-0.15, -0.1) is 11.3 Å². The van der Waals surface area contributed by atoms with Gasteiger partial charge in [-0.3, -0.25) is 0 Å². The van der Waals surface area contributed by atoms with Crippen LogP contribution in [-0.4, -0.2) is 18.1 Å². The molecule has 0 amide bonds. The molecule has 0 spiro atoms. The first-order chi connectivity index (χ1) is 6.07. The first-order valence-corrected chi connectivity index (χ1v) is 5.62. The second-order valence-corrected chi connectivity index (χ2v) is 5.54. The third-order valence-corrected chi connectivity index (χ3v) is 3.65. The van der Waals surface area contributed by atoms with Crippen molar-refractivity contribution in [2.75, 3.05) is 13.1 Å². The summed E-state index contributed by atoms with van der Waals surface area (Å²) in [5.74, 6) is 0.673. The maximum absolute atomic E-state index is 4.68. The van der Waals surface area contributed by atoms with Crippen molar-refractivity contribution < 1.29 is 0 Å². The predicted molar refractivity (Wildman–Crippen MR) is 56.4 cm³/mol. The minimum Gasteiger partial charge on any atom is -0.315 e. The van der Waals surface area contributed by atoms with Crippen LogP contribution in [0.3, 0.4) is 0 Å². The van der Waals surface area contributed by atoms with E-state index in [0.717, 1.165) is 13.1 Å². The number of nitrogens with one attached hydrogen (secondary N) is 1. The summed E-state index contributed by atoms with van der Waals surface area (Å²) in [6.45, 7) is 8.86. The van der Waals surface area contributed by atoms with E-state index >= 15 is 0 Å². The zero-order chi connectivity index (χ0) is 9.47. The van der Waals surface area contributed by atoms with E-state index in [1.54, 1.807) is 11.3 Å². The Bertz CT molecular complexity index is 294. The van der Waals surface area contributed by atoms with Gasteiger partial charge in [-0.2, -0.15) is 0 Å². The van der Waals surface area contributed by atoms with Crippen LogP contribution in [0.25, 0.3) is 0 Å². The highest BCUT2D eigenvalue weighted by Gasteiger charge is 2.24. The topological polar surface area (TPSA) is 24.9 Å². The fourth-order valence-corrected chi connectivity index (χ4v) is 2.31. The highest BCUT2D eigenvalue weighted by atomic mass is 32.1. The van der Waals surface area contributed by atoms with Gasteiger partial charge in [0.2, 0.25) is 0 Å². The number of rotatable bonds is 1.